The van der Waals surface area contributed by atoms with E-state index in [0.717, 1.165) is 16.8 Å². The minimum atomic E-state index is -0.716. The van der Waals surface area contributed by atoms with Crippen molar-refractivity contribution in [3.8, 4) is 0 Å². The maximum atomic E-state index is 12.9. The van der Waals surface area contributed by atoms with Crippen LogP contribution >= 0.6 is 0 Å². The van der Waals surface area contributed by atoms with Crippen LogP contribution < -0.4 is 21.7 Å². The molecule has 0 spiro atoms. The molecule has 0 aliphatic rings. The molecule has 2 aromatic carbocycles. The van der Waals surface area contributed by atoms with Crippen molar-refractivity contribution < 1.29 is 18.8 Å². The van der Waals surface area contributed by atoms with Gasteiger partial charge in [-0.3, -0.25) is 30.0 Å². The molecule has 9 nitrogen and oxygen atoms in total. The van der Waals surface area contributed by atoms with Gasteiger partial charge < -0.3 is 5.32 Å². The number of rotatable bonds is 5. The minimum absolute atomic E-state index is 0.0253. The van der Waals surface area contributed by atoms with Gasteiger partial charge in [-0.15, -0.1) is 0 Å². The minimum Gasteiger partial charge on any atom is -0.343 e. The summed E-state index contributed by atoms with van der Waals surface area (Å²) in [5.74, 6) is -2.46. The number of halogens is 1. The number of amides is 3. The van der Waals surface area contributed by atoms with Crippen LogP contribution in [0, 0.1) is 5.82 Å². The Bertz CT molecular complexity index is 1170. The number of nitrogens with one attached hydrogen (secondary N) is 3. The van der Waals surface area contributed by atoms with Gasteiger partial charge >= 0.3 is 0 Å². The lowest BCUT2D eigenvalue weighted by Gasteiger charge is -2.11. The van der Waals surface area contributed by atoms with Gasteiger partial charge in [0.1, 0.15) is 5.82 Å². The van der Waals surface area contributed by atoms with Gasteiger partial charge in [-0.25, -0.2) is 9.07 Å². The van der Waals surface area contributed by atoms with Crippen LogP contribution in [0.5, 0.6) is 0 Å². The highest BCUT2D eigenvalue weighted by Gasteiger charge is 2.17. The molecule has 3 amide bonds. The number of aryl methyl sites for hydroxylation is 1. The van der Waals surface area contributed by atoms with Crippen molar-refractivity contribution in [3.05, 3.63) is 76.0 Å². The number of fused-ring (bicyclic) bond motifs is 1. The summed E-state index contributed by atoms with van der Waals surface area (Å²) < 4.78 is 14.0. The molecule has 1 aromatic heterocycles. The van der Waals surface area contributed by atoms with Gasteiger partial charge in [0.25, 0.3) is 23.3 Å². The topological polar surface area (TPSA) is 122 Å². The fourth-order valence-electron chi connectivity index (χ4n) is 2.71. The third kappa shape index (κ3) is 4.49. The third-order valence-corrected chi connectivity index (χ3v) is 4.21. The molecule has 0 atom stereocenters. The molecule has 0 bridgehead atoms. The molecule has 0 aliphatic carbocycles. The van der Waals surface area contributed by atoms with Gasteiger partial charge in [0.05, 0.1) is 11.9 Å². The number of nitrogens with zero attached hydrogens (tertiary/aromatic N) is 2. The molecular weight excluding hydrogens is 393 g/mol. The molecule has 0 aliphatic heterocycles. The van der Waals surface area contributed by atoms with Gasteiger partial charge in [-0.2, -0.15) is 5.10 Å². The Morgan fingerprint density at radius 3 is 2.30 bits per heavy atom. The normalized spacial score (nSPS) is 10.5. The Morgan fingerprint density at radius 2 is 1.63 bits per heavy atom. The summed E-state index contributed by atoms with van der Waals surface area (Å²) in [5, 5.41) is 7.09. The van der Waals surface area contributed by atoms with Crippen LogP contribution in [0.1, 0.15) is 27.8 Å². The van der Waals surface area contributed by atoms with Gasteiger partial charge in [-0.05, 0) is 37.3 Å². The van der Waals surface area contributed by atoms with Crippen molar-refractivity contribution in [2.45, 2.75) is 13.5 Å². The van der Waals surface area contributed by atoms with E-state index in [-0.39, 0.29) is 23.4 Å². The first-order chi connectivity index (χ1) is 14.4. The number of carbonyl (C=O) groups excluding carboxylic acids is 3. The predicted molar refractivity (Wildman–Crippen MR) is 106 cm³/mol. The zero-order chi connectivity index (χ0) is 21.7. The summed E-state index contributed by atoms with van der Waals surface area (Å²) in [4.78, 5) is 48.7. The van der Waals surface area contributed by atoms with Crippen molar-refractivity contribution in [1.82, 2.24) is 25.9 Å². The molecule has 0 saturated heterocycles. The zero-order valence-corrected chi connectivity index (χ0v) is 15.9. The number of hydrogen-bond acceptors (Lipinski definition) is 5. The first-order valence-corrected chi connectivity index (χ1v) is 9.03. The maximum Gasteiger partial charge on any atom is 0.290 e. The molecule has 0 saturated carbocycles. The second-order valence-electron chi connectivity index (χ2n) is 6.21. The smallest absolute Gasteiger partial charge is 0.290 e. The highest BCUT2D eigenvalue weighted by molar-refractivity contribution is 6.05. The summed E-state index contributed by atoms with van der Waals surface area (Å²) in [6, 6.07) is 11.3. The van der Waals surface area contributed by atoms with Crippen molar-refractivity contribution in [3.63, 3.8) is 0 Å². The van der Waals surface area contributed by atoms with Crippen LogP contribution in [0.3, 0.4) is 0 Å². The van der Waals surface area contributed by atoms with E-state index in [4.69, 9.17) is 0 Å². The van der Waals surface area contributed by atoms with E-state index in [1.54, 1.807) is 31.2 Å². The molecule has 154 valence electrons. The third-order valence-electron chi connectivity index (χ3n) is 4.21. The Labute approximate surface area is 169 Å². The molecule has 1 heterocycles. The van der Waals surface area contributed by atoms with E-state index in [2.05, 4.69) is 21.3 Å². The number of hydrogen-bond donors (Lipinski definition) is 3. The van der Waals surface area contributed by atoms with Crippen LogP contribution in [0.15, 0.2) is 53.3 Å². The molecule has 30 heavy (non-hydrogen) atoms. The lowest BCUT2D eigenvalue weighted by atomic mass is 10.1. The SMILES string of the molecule is CCn1nc(C(=O)NNC(=O)CNC(=O)c2ccc(F)cc2)c2ccccc2c1=O. The van der Waals surface area contributed by atoms with Gasteiger partial charge in [0.15, 0.2) is 5.69 Å². The van der Waals surface area contributed by atoms with Crippen LogP contribution in [0.2, 0.25) is 0 Å². The summed E-state index contributed by atoms with van der Waals surface area (Å²) >= 11 is 0. The first kappa shape index (κ1) is 20.6. The molecule has 0 fully saturated rings. The predicted octanol–water partition coefficient (Wildman–Crippen LogP) is 0.747. The largest absolute Gasteiger partial charge is 0.343 e. The van der Waals surface area contributed by atoms with Gasteiger partial charge in [0.2, 0.25) is 0 Å². The van der Waals surface area contributed by atoms with Crippen LogP contribution in [-0.4, -0.2) is 34.0 Å². The Kier molecular flexibility index (Phi) is 6.16. The van der Waals surface area contributed by atoms with Crippen LogP contribution in [-0.2, 0) is 11.3 Å². The molecule has 10 heteroatoms. The molecule has 0 unspecified atom stereocenters. The van der Waals surface area contributed by atoms with Crippen LogP contribution in [0.25, 0.3) is 10.8 Å². The molecule has 3 N–H and O–H groups in total. The number of hydrazine groups is 1. The Hall–Kier alpha value is -4.08. The van der Waals surface area contributed by atoms with Gasteiger partial charge in [-0.1, -0.05) is 18.2 Å². The maximum absolute atomic E-state index is 12.9. The van der Waals surface area contributed by atoms with Crippen molar-refractivity contribution in [2.24, 2.45) is 0 Å². The molecule has 3 rings (SSSR count). The monoisotopic (exact) mass is 411 g/mol. The van der Waals surface area contributed by atoms with Crippen molar-refractivity contribution in [2.75, 3.05) is 6.54 Å². The highest BCUT2D eigenvalue weighted by Crippen LogP contribution is 2.12. The zero-order valence-electron chi connectivity index (χ0n) is 15.9. The number of carbonyl (C=O) groups is 3. The van der Waals surface area contributed by atoms with Crippen molar-refractivity contribution >= 4 is 28.5 Å². The number of benzene rings is 2. The molecular formula is C20H18FN5O4. The van der Waals surface area contributed by atoms with Crippen LogP contribution in [0.4, 0.5) is 4.39 Å². The average molecular weight is 411 g/mol. The van der Waals surface area contributed by atoms with Crippen molar-refractivity contribution in [1.29, 1.82) is 0 Å². The summed E-state index contributed by atoms with van der Waals surface area (Å²) in [5.41, 5.74) is 4.23. The average Bonchev–Trinajstić information content (AvgIpc) is 2.76. The van der Waals surface area contributed by atoms with E-state index in [1.807, 2.05) is 0 Å². The lowest BCUT2D eigenvalue weighted by molar-refractivity contribution is -0.120. The quantitative estimate of drug-likeness (QED) is 0.535. The summed E-state index contributed by atoms with van der Waals surface area (Å²) in [7, 11) is 0. The summed E-state index contributed by atoms with van der Waals surface area (Å²) in [6.45, 7) is 1.57. The van der Waals surface area contributed by atoms with E-state index in [9.17, 15) is 23.6 Å². The Morgan fingerprint density at radius 1 is 0.967 bits per heavy atom. The van der Waals surface area contributed by atoms with E-state index in [1.165, 1.54) is 12.1 Å². The van der Waals surface area contributed by atoms with Gasteiger partial charge in [0, 0.05) is 17.5 Å². The fourth-order valence-corrected chi connectivity index (χ4v) is 2.71. The molecule has 3 aromatic rings. The summed E-state index contributed by atoms with van der Waals surface area (Å²) in [6.07, 6.45) is 0. The fraction of sp³-hybridized carbons (Fsp3) is 0.150. The van der Waals surface area contributed by atoms with E-state index >= 15 is 0 Å². The standard InChI is InChI=1S/C20H18FN5O4/c1-2-26-20(30)15-6-4-3-5-14(15)17(25-26)19(29)24-23-16(27)11-22-18(28)12-7-9-13(21)10-8-12/h3-10H,2,11H2,1H3,(H,22,28)(H,23,27)(H,24,29). The Balaban J connectivity index is 1.63. The van der Waals surface area contributed by atoms with E-state index < -0.39 is 30.1 Å². The first-order valence-electron chi connectivity index (χ1n) is 9.03. The lowest BCUT2D eigenvalue weighted by Crippen LogP contribution is -2.47. The highest BCUT2D eigenvalue weighted by atomic mass is 19.1. The second kappa shape index (κ2) is 8.95. The van der Waals surface area contributed by atoms with E-state index in [0.29, 0.717) is 10.8 Å². The molecule has 0 radical (unpaired) electrons. The number of aromatic nitrogens is 2. The second-order valence-corrected chi connectivity index (χ2v) is 6.21.